The summed E-state index contributed by atoms with van der Waals surface area (Å²) < 4.78 is 13.2. The van der Waals surface area contributed by atoms with Crippen LogP contribution in [0.4, 0.5) is 0 Å². The fourth-order valence-electron chi connectivity index (χ4n) is 2.40. The van der Waals surface area contributed by atoms with Gasteiger partial charge in [-0.05, 0) is 33.6 Å². The van der Waals surface area contributed by atoms with Crippen molar-refractivity contribution in [2.75, 3.05) is 13.7 Å². The molecule has 0 saturated carbocycles. The summed E-state index contributed by atoms with van der Waals surface area (Å²) in [5.74, 6) is -0.152. The second-order valence-electron chi connectivity index (χ2n) is 5.01. The lowest BCUT2D eigenvalue weighted by atomic mass is 10.2. The van der Waals surface area contributed by atoms with Gasteiger partial charge in [0.25, 0.3) is 5.91 Å². The van der Waals surface area contributed by atoms with Crippen molar-refractivity contribution in [1.82, 2.24) is 14.9 Å². The Bertz CT molecular complexity index is 811. The summed E-state index contributed by atoms with van der Waals surface area (Å²) in [4.78, 5) is 16.5. The van der Waals surface area contributed by atoms with E-state index in [9.17, 15) is 4.79 Å². The third kappa shape index (κ3) is 3.46. The quantitative estimate of drug-likeness (QED) is 0.716. The summed E-state index contributed by atoms with van der Waals surface area (Å²) in [7, 11) is 1.63. The molecule has 0 bridgehead atoms. The first-order valence-electron chi connectivity index (χ1n) is 7.13. The molecule has 0 radical (unpaired) electrons. The number of carbonyl (C=O) groups is 1. The van der Waals surface area contributed by atoms with Crippen molar-refractivity contribution in [2.45, 2.75) is 13.1 Å². The van der Waals surface area contributed by atoms with E-state index in [1.807, 2.05) is 22.8 Å². The van der Waals surface area contributed by atoms with Crippen LogP contribution in [0.15, 0.2) is 45.7 Å². The van der Waals surface area contributed by atoms with Gasteiger partial charge >= 0.3 is 0 Å². The predicted molar refractivity (Wildman–Crippen MR) is 89.2 cm³/mol. The number of fused-ring (bicyclic) bond motifs is 1. The maximum atomic E-state index is 12.5. The van der Waals surface area contributed by atoms with Gasteiger partial charge in [-0.15, -0.1) is 0 Å². The SMILES string of the molecule is COCCn1c(C(=O)NCc2ccncc2)cc2oc(Br)cc21. The van der Waals surface area contributed by atoms with E-state index >= 15 is 0 Å². The van der Waals surface area contributed by atoms with Crippen LogP contribution < -0.4 is 5.32 Å². The van der Waals surface area contributed by atoms with Crippen molar-refractivity contribution in [3.8, 4) is 0 Å². The molecule has 0 aliphatic heterocycles. The number of furan rings is 1. The number of carbonyl (C=O) groups excluding carboxylic acids is 1. The topological polar surface area (TPSA) is 69.3 Å². The van der Waals surface area contributed by atoms with Gasteiger partial charge in [0, 0.05) is 44.7 Å². The van der Waals surface area contributed by atoms with Gasteiger partial charge in [0.1, 0.15) is 5.69 Å². The van der Waals surface area contributed by atoms with Gasteiger partial charge in [0.2, 0.25) is 0 Å². The summed E-state index contributed by atoms with van der Waals surface area (Å²) in [6, 6.07) is 7.34. The lowest BCUT2D eigenvalue weighted by Crippen LogP contribution is -2.26. The van der Waals surface area contributed by atoms with E-state index in [2.05, 4.69) is 26.2 Å². The number of ether oxygens (including phenoxy) is 1. The number of pyridine rings is 1. The normalized spacial score (nSPS) is 11.0. The maximum Gasteiger partial charge on any atom is 0.268 e. The largest absolute Gasteiger partial charge is 0.448 e. The molecule has 1 N–H and O–H groups in total. The van der Waals surface area contributed by atoms with E-state index in [0.29, 0.717) is 35.6 Å². The molecule has 0 saturated heterocycles. The van der Waals surface area contributed by atoms with Gasteiger partial charge in [-0.3, -0.25) is 9.78 Å². The van der Waals surface area contributed by atoms with Crippen LogP contribution >= 0.6 is 15.9 Å². The molecule has 0 fully saturated rings. The Balaban J connectivity index is 1.82. The van der Waals surface area contributed by atoms with Crippen LogP contribution in [0.25, 0.3) is 11.1 Å². The maximum absolute atomic E-state index is 12.5. The van der Waals surface area contributed by atoms with Crippen LogP contribution in [0.5, 0.6) is 0 Å². The summed E-state index contributed by atoms with van der Waals surface area (Å²) in [6.45, 7) is 1.53. The Morgan fingerprint density at radius 2 is 2.17 bits per heavy atom. The zero-order valence-corrected chi connectivity index (χ0v) is 14.2. The fraction of sp³-hybridized carbons (Fsp3) is 0.250. The Kier molecular flexibility index (Phi) is 4.78. The number of hydrogen-bond acceptors (Lipinski definition) is 4. The highest BCUT2D eigenvalue weighted by Gasteiger charge is 2.18. The molecular weight excluding hydrogens is 362 g/mol. The molecule has 3 aromatic heterocycles. The van der Waals surface area contributed by atoms with Crippen molar-refractivity contribution < 1.29 is 13.9 Å². The van der Waals surface area contributed by atoms with Gasteiger partial charge in [-0.2, -0.15) is 0 Å². The van der Waals surface area contributed by atoms with Crippen LogP contribution in [0.2, 0.25) is 0 Å². The minimum absolute atomic E-state index is 0.152. The van der Waals surface area contributed by atoms with Crippen LogP contribution in [0, 0.1) is 0 Å². The molecule has 1 amide bonds. The Morgan fingerprint density at radius 1 is 1.39 bits per heavy atom. The second kappa shape index (κ2) is 6.97. The highest BCUT2D eigenvalue weighted by Crippen LogP contribution is 2.27. The van der Waals surface area contributed by atoms with Crippen LogP contribution in [-0.4, -0.2) is 29.2 Å². The van der Waals surface area contributed by atoms with E-state index in [-0.39, 0.29) is 5.91 Å². The van der Waals surface area contributed by atoms with E-state index in [1.165, 1.54) is 0 Å². The lowest BCUT2D eigenvalue weighted by Gasteiger charge is -2.10. The number of aromatic nitrogens is 2. The van der Waals surface area contributed by atoms with E-state index in [0.717, 1.165) is 11.1 Å². The molecule has 3 heterocycles. The summed E-state index contributed by atoms with van der Waals surface area (Å²) in [5.41, 5.74) is 3.08. The average molecular weight is 378 g/mol. The van der Waals surface area contributed by atoms with Gasteiger partial charge in [-0.1, -0.05) is 0 Å². The third-order valence-electron chi connectivity index (χ3n) is 3.51. The first-order valence-corrected chi connectivity index (χ1v) is 7.93. The Hall–Kier alpha value is -2.12. The van der Waals surface area contributed by atoms with Crippen molar-refractivity contribution in [2.24, 2.45) is 0 Å². The van der Waals surface area contributed by atoms with Gasteiger partial charge in [0.05, 0.1) is 12.1 Å². The first kappa shape index (κ1) is 15.8. The smallest absolute Gasteiger partial charge is 0.268 e. The van der Waals surface area contributed by atoms with Gasteiger partial charge in [-0.25, -0.2) is 0 Å². The molecule has 23 heavy (non-hydrogen) atoms. The predicted octanol–water partition coefficient (Wildman–Crippen LogP) is 2.97. The molecule has 7 heteroatoms. The standard InChI is InChI=1S/C16H16BrN3O3/c1-22-7-6-20-12-9-15(17)23-14(12)8-13(20)16(21)19-10-11-2-4-18-5-3-11/h2-5,8-9H,6-7,10H2,1H3,(H,19,21). The molecule has 0 aliphatic rings. The van der Waals surface area contributed by atoms with Crippen molar-refractivity contribution in [1.29, 1.82) is 0 Å². The van der Waals surface area contributed by atoms with Gasteiger partial charge in [0.15, 0.2) is 10.3 Å². The summed E-state index contributed by atoms with van der Waals surface area (Å²) in [6.07, 6.45) is 3.40. The molecule has 3 aromatic rings. The van der Waals surface area contributed by atoms with Crippen LogP contribution in [0.1, 0.15) is 16.1 Å². The zero-order chi connectivity index (χ0) is 16.2. The molecule has 0 unspecified atom stereocenters. The Morgan fingerprint density at radius 3 is 2.91 bits per heavy atom. The molecule has 6 nitrogen and oxygen atoms in total. The fourth-order valence-corrected chi connectivity index (χ4v) is 2.79. The number of methoxy groups -OCH3 is 1. The van der Waals surface area contributed by atoms with E-state index < -0.39 is 0 Å². The van der Waals surface area contributed by atoms with Crippen LogP contribution in [-0.2, 0) is 17.8 Å². The molecule has 3 rings (SSSR count). The molecular formula is C16H16BrN3O3. The minimum Gasteiger partial charge on any atom is -0.448 e. The van der Waals surface area contributed by atoms with Gasteiger partial charge < -0.3 is 19.0 Å². The lowest BCUT2D eigenvalue weighted by molar-refractivity contribution is 0.0939. The second-order valence-corrected chi connectivity index (χ2v) is 5.79. The molecule has 120 valence electrons. The summed E-state index contributed by atoms with van der Waals surface area (Å²) >= 11 is 3.31. The van der Waals surface area contributed by atoms with Crippen molar-refractivity contribution in [3.63, 3.8) is 0 Å². The highest BCUT2D eigenvalue weighted by atomic mass is 79.9. The number of rotatable bonds is 6. The highest BCUT2D eigenvalue weighted by molar-refractivity contribution is 9.10. The van der Waals surface area contributed by atoms with Crippen LogP contribution in [0.3, 0.4) is 0 Å². The average Bonchev–Trinajstić information content (AvgIpc) is 3.08. The number of nitrogens with one attached hydrogen (secondary N) is 1. The zero-order valence-electron chi connectivity index (χ0n) is 12.6. The Labute approximate surface area is 141 Å². The first-order chi connectivity index (χ1) is 11.2. The molecule has 0 aliphatic carbocycles. The minimum atomic E-state index is -0.152. The monoisotopic (exact) mass is 377 g/mol. The van der Waals surface area contributed by atoms with Crippen molar-refractivity contribution in [3.05, 3.63) is 52.6 Å². The third-order valence-corrected chi connectivity index (χ3v) is 3.90. The van der Waals surface area contributed by atoms with E-state index in [4.69, 9.17) is 9.15 Å². The molecule has 0 spiro atoms. The molecule has 0 atom stereocenters. The number of halogens is 1. The van der Waals surface area contributed by atoms with E-state index in [1.54, 1.807) is 25.6 Å². The number of amides is 1. The molecule has 0 aromatic carbocycles. The number of hydrogen-bond donors (Lipinski definition) is 1. The summed E-state index contributed by atoms with van der Waals surface area (Å²) in [5, 5.41) is 2.92. The number of nitrogens with zero attached hydrogens (tertiary/aromatic N) is 2. The van der Waals surface area contributed by atoms with Crippen molar-refractivity contribution >= 4 is 32.9 Å².